The number of fused-ring (bicyclic) bond motifs is 1. The number of carbonyl (C=O) groups excluding carboxylic acids is 2. The summed E-state index contributed by atoms with van der Waals surface area (Å²) in [6.45, 7) is 7.88. The van der Waals surface area contributed by atoms with Crippen LogP contribution in [-0.2, 0) is 0 Å². The third-order valence-electron chi connectivity index (χ3n) is 5.81. The summed E-state index contributed by atoms with van der Waals surface area (Å²) >= 11 is 0. The second kappa shape index (κ2) is 8.79. The van der Waals surface area contributed by atoms with Crippen molar-refractivity contribution in [3.8, 4) is 0 Å². The fourth-order valence-electron chi connectivity index (χ4n) is 4.11. The normalized spacial score (nSPS) is 10.8. The van der Waals surface area contributed by atoms with Gasteiger partial charge in [-0.3, -0.25) is 9.59 Å². The van der Waals surface area contributed by atoms with E-state index in [0.29, 0.717) is 28.0 Å². The number of nitrogens with two attached hydrogens (primary N) is 1. The van der Waals surface area contributed by atoms with Gasteiger partial charge in [-0.15, -0.1) is 0 Å². The van der Waals surface area contributed by atoms with Gasteiger partial charge in [0, 0.05) is 22.4 Å². The number of aryl methyl sites for hydroxylation is 4. The molecule has 0 atom stereocenters. The van der Waals surface area contributed by atoms with E-state index in [0.717, 1.165) is 27.6 Å². The summed E-state index contributed by atoms with van der Waals surface area (Å²) in [6.07, 6.45) is 0. The first-order valence-electron chi connectivity index (χ1n) is 10.8. The van der Waals surface area contributed by atoms with Crippen LogP contribution in [0.25, 0.3) is 10.8 Å². The Hall–Kier alpha value is -4.12. The van der Waals surface area contributed by atoms with Gasteiger partial charge in [0.2, 0.25) is 0 Å². The van der Waals surface area contributed by atoms with Gasteiger partial charge in [0.1, 0.15) is 0 Å². The van der Waals surface area contributed by atoms with E-state index in [1.807, 2.05) is 88.4 Å². The lowest BCUT2D eigenvalue weighted by Crippen LogP contribution is -2.22. The molecule has 33 heavy (non-hydrogen) atoms. The standard InChI is InChI=1S/C28H27N3O2/c1-16-9-11-24(18(3)13-16)30-27(32)22-15-23(29)20-7-5-6-8-21(20)26(22)28(33)31-25-12-10-17(2)14-19(25)4/h5-15H,29H2,1-4H3,(H,30,32)(H,31,33). The van der Waals surface area contributed by atoms with Crippen LogP contribution in [0, 0.1) is 27.7 Å². The lowest BCUT2D eigenvalue weighted by Gasteiger charge is -2.17. The van der Waals surface area contributed by atoms with E-state index in [4.69, 9.17) is 5.73 Å². The van der Waals surface area contributed by atoms with E-state index in [1.165, 1.54) is 0 Å². The minimum atomic E-state index is -0.384. The van der Waals surface area contributed by atoms with E-state index in [-0.39, 0.29) is 17.4 Å². The molecule has 0 radical (unpaired) electrons. The average molecular weight is 438 g/mol. The number of nitrogen functional groups attached to an aromatic ring is 1. The molecule has 0 unspecified atom stereocenters. The van der Waals surface area contributed by atoms with Crippen molar-refractivity contribution in [2.24, 2.45) is 0 Å². The number of benzene rings is 4. The third-order valence-corrected chi connectivity index (χ3v) is 5.81. The molecule has 0 aromatic heterocycles. The molecule has 5 heteroatoms. The zero-order valence-electron chi connectivity index (χ0n) is 19.2. The monoisotopic (exact) mass is 437 g/mol. The zero-order chi connectivity index (χ0) is 23.7. The molecule has 0 bridgehead atoms. The molecule has 4 rings (SSSR count). The van der Waals surface area contributed by atoms with Crippen LogP contribution < -0.4 is 16.4 Å². The molecule has 166 valence electrons. The van der Waals surface area contributed by atoms with Crippen LogP contribution in [0.4, 0.5) is 17.1 Å². The van der Waals surface area contributed by atoms with Crippen LogP contribution in [0.15, 0.2) is 66.7 Å². The summed E-state index contributed by atoms with van der Waals surface area (Å²) in [5.41, 5.74) is 12.8. The molecule has 2 amide bonds. The highest BCUT2D eigenvalue weighted by Crippen LogP contribution is 2.30. The number of rotatable bonds is 4. The Kier molecular flexibility index (Phi) is 5.88. The highest BCUT2D eigenvalue weighted by atomic mass is 16.2. The topological polar surface area (TPSA) is 84.2 Å². The Bertz CT molecular complexity index is 1410. The Labute approximate surface area is 193 Å². The number of hydrogen-bond acceptors (Lipinski definition) is 3. The second-order valence-electron chi connectivity index (χ2n) is 8.48. The van der Waals surface area contributed by atoms with Crippen molar-refractivity contribution in [3.63, 3.8) is 0 Å². The van der Waals surface area contributed by atoms with Crippen LogP contribution in [0.2, 0.25) is 0 Å². The number of anilines is 3. The predicted molar refractivity (Wildman–Crippen MR) is 136 cm³/mol. The SMILES string of the molecule is Cc1ccc(NC(=O)c2cc(N)c3ccccc3c2C(=O)Nc2ccc(C)cc2C)c(C)c1. The Morgan fingerprint density at radius 1 is 0.667 bits per heavy atom. The fraction of sp³-hybridized carbons (Fsp3) is 0.143. The quantitative estimate of drug-likeness (QED) is 0.334. The molecule has 0 heterocycles. The van der Waals surface area contributed by atoms with Crippen molar-refractivity contribution in [3.05, 3.63) is 100 Å². The summed E-state index contributed by atoms with van der Waals surface area (Å²) in [5.74, 6) is -0.742. The predicted octanol–water partition coefficient (Wildman–Crippen LogP) is 6.16. The number of carbonyl (C=O) groups is 2. The molecule has 0 aliphatic rings. The lowest BCUT2D eigenvalue weighted by molar-refractivity contribution is 0.0991. The molecule has 0 aliphatic carbocycles. The van der Waals surface area contributed by atoms with Crippen LogP contribution in [-0.4, -0.2) is 11.8 Å². The highest BCUT2D eigenvalue weighted by molar-refractivity contribution is 6.23. The molecule has 0 fully saturated rings. The molecular formula is C28H27N3O2. The van der Waals surface area contributed by atoms with Gasteiger partial charge in [0.05, 0.1) is 11.1 Å². The summed E-state index contributed by atoms with van der Waals surface area (Å²) in [5, 5.41) is 7.29. The van der Waals surface area contributed by atoms with Crippen LogP contribution in [0.3, 0.4) is 0 Å². The van der Waals surface area contributed by atoms with Crippen molar-refractivity contribution in [1.29, 1.82) is 0 Å². The third kappa shape index (κ3) is 4.44. The van der Waals surface area contributed by atoms with Gasteiger partial charge in [-0.25, -0.2) is 0 Å². The number of hydrogen-bond donors (Lipinski definition) is 3. The van der Waals surface area contributed by atoms with Gasteiger partial charge in [0.25, 0.3) is 11.8 Å². The van der Waals surface area contributed by atoms with Crippen LogP contribution >= 0.6 is 0 Å². The smallest absolute Gasteiger partial charge is 0.257 e. The van der Waals surface area contributed by atoms with Gasteiger partial charge in [-0.2, -0.15) is 0 Å². The van der Waals surface area contributed by atoms with E-state index in [9.17, 15) is 9.59 Å². The minimum Gasteiger partial charge on any atom is -0.398 e. The Morgan fingerprint density at radius 2 is 1.18 bits per heavy atom. The Morgan fingerprint density at radius 3 is 1.73 bits per heavy atom. The molecule has 0 saturated carbocycles. The van der Waals surface area contributed by atoms with Gasteiger partial charge in [0.15, 0.2) is 0 Å². The van der Waals surface area contributed by atoms with Crippen LogP contribution in [0.5, 0.6) is 0 Å². The zero-order valence-corrected chi connectivity index (χ0v) is 19.2. The molecule has 4 aromatic rings. The van der Waals surface area contributed by atoms with Crippen molar-refractivity contribution < 1.29 is 9.59 Å². The van der Waals surface area contributed by atoms with Crippen molar-refractivity contribution >= 4 is 39.6 Å². The lowest BCUT2D eigenvalue weighted by atomic mass is 9.95. The molecule has 0 aliphatic heterocycles. The first kappa shape index (κ1) is 22.1. The van der Waals surface area contributed by atoms with Gasteiger partial charge in [-0.05, 0) is 62.4 Å². The maximum atomic E-state index is 13.5. The number of amides is 2. The average Bonchev–Trinajstić information content (AvgIpc) is 2.77. The molecule has 4 aromatic carbocycles. The van der Waals surface area contributed by atoms with E-state index in [2.05, 4.69) is 10.6 Å². The van der Waals surface area contributed by atoms with Crippen molar-refractivity contribution in [2.75, 3.05) is 16.4 Å². The summed E-state index contributed by atoms with van der Waals surface area (Å²) in [7, 11) is 0. The molecule has 0 saturated heterocycles. The minimum absolute atomic E-state index is 0.230. The van der Waals surface area contributed by atoms with E-state index < -0.39 is 0 Å². The summed E-state index contributed by atoms with van der Waals surface area (Å²) in [6, 6.07) is 20.6. The first-order chi connectivity index (χ1) is 15.7. The van der Waals surface area contributed by atoms with Gasteiger partial charge >= 0.3 is 0 Å². The number of nitrogens with one attached hydrogen (secondary N) is 2. The first-order valence-corrected chi connectivity index (χ1v) is 10.8. The van der Waals surface area contributed by atoms with E-state index >= 15 is 0 Å². The maximum Gasteiger partial charge on any atom is 0.257 e. The van der Waals surface area contributed by atoms with Crippen LogP contribution in [0.1, 0.15) is 43.0 Å². The molecule has 5 nitrogen and oxygen atoms in total. The second-order valence-corrected chi connectivity index (χ2v) is 8.48. The summed E-state index contributed by atoms with van der Waals surface area (Å²) < 4.78 is 0. The van der Waals surface area contributed by atoms with Gasteiger partial charge in [-0.1, -0.05) is 59.7 Å². The molecule has 4 N–H and O–H groups in total. The van der Waals surface area contributed by atoms with Crippen molar-refractivity contribution in [1.82, 2.24) is 0 Å². The highest BCUT2D eigenvalue weighted by Gasteiger charge is 2.23. The van der Waals surface area contributed by atoms with Crippen molar-refractivity contribution in [2.45, 2.75) is 27.7 Å². The maximum absolute atomic E-state index is 13.5. The largest absolute Gasteiger partial charge is 0.398 e. The summed E-state index contributed by atoms with van der Waals surface area (Å²) in [4.78, 5) is 26.9. The van der Waals surface area contributed by atoms with E-state index in [1.54, 1.807) is 6.07 Å². The van der Waals surface area contributed by atoms with Gasteiger partial charge < -0.3 is 16.4 Å². The molecular weight excluding hydrogens is 410 g/mol. The Balaban J connectivity index is 1.81. The fourth-order valence-corrected chi connectivity index (χ4v) is 4.11. The molecule has 0 spiro atoms.